The molecular formula is C19H18ClN5O4. The van der Waals surface area contributed by atoms with E-state index in [2.05, 4.69) is 15.1 Å². The van der Waals surface area contributed by atoms with Crippen molar-refractivity contribution in [1.82, 2.24) is 24.1 Å². The zero-order valence-corrected chi connectivity index (χ0v) is 16.5. The Labute approximate surface area is 169 Å². The Kier molecular flexibility index (Phi) is 4.02. The summed E-state index contributed by atoms with van der Waals surface area (Å²) in [6, 6.07) is 5.15. The number of ether oxygens (including phenoxy) is 1. The van der Waals surface area contributed by atoms with Crippen LogP contribution in [0, 0.1) is 0 Å². The van der Waals surface area contributed by atoms with Crippen molar-refractivity contribution in [1.29, 1.82) is 0 Å². The molecule has 0 radical (unpaired) electrons. The second-order valence-corrected chi connectivity index (χ2v) is 7.76. The number of nitrogens with zero attached hydrogens (tertiary/aromatic N) is 5. The molecule has 3 heterocycles. The number of aliphatic hydroxyl groups is 1. The van der Waals surface area contributed by atoms with E-state index in [1.165, 1.54) is 6.33 Å². The predicted octanol–water partition coefficient (Wildman–Crippen LogP) is 2.54. The molecule has 150 valence electrons. The number of hydrogen-bond donors (Lipinski definition) is 1. The summed E-state index contributed by atoms with van der Waals surface area (Å²) in [6.45, 7) is 2.22. The first-order chi connectivity index (χ1) is 13.9. The maximum atomic E-state index is 13.5. The van der Waals surface area contributed by atoms with E-state index in [-0.39, 0.29) is 29.0 Å². The summed E-state index contributed by atoms with van der Waals surface area (Å²) in [4.78, 5) is 22.2. The van der Waals surface area contributed by atoms with Gasteiger partial charge in [-0.2, -0.15) is 4.98 Å². The third-order valence-corrected chi connectivity index (χ3v) is 5.57. The van der Waals surface area contributed by atoms with Gasteiger partial charge in [-0.15, -0.1) is 0 Å². The maximum absolute atomic E-state index is 13.5. The van der Waals surface area contributed by atoms with Gasteiger partial charge in [0.25, 0.3) is 11.4 Å². The Bertz CT molecular complexity index is 1300. The summed E-state index contributed by atoms with van der Waals surface area (Å²) in [5, 5.41) is 14.6. The monoisotopic (exact) mass is 415 g/mol. The molecule has 0 aliphatic heterocycles. The van der Waals surface area contributed by atoms with Gasteiger partial charge in [-0.05, 0) is 31.9 Å². The molecule has 5 rings (SSSR count). The second-order valence-electron chi connectivity index (χ2n) is 7.35. The molecule has 1 unspecified atom stereocenters. The summed E-state index contributed by atoms with van der Waals surface area (Å²) in [5.74, 6) is 0.304. The Morgan fingerprint density at radius 2 is 2.17 bits per heavy atom. The van der Waals surface area contributed by atoms with Crippen LogP contribution in [0.1, 0.15) is 31.7 Å². The fraction of sp³-hybridized carbons (Fsp3) is 0.368. The number of imidazole rings is 1. The van der Waals surface area contributed by atoms with Crippen LogP contribution >= 0.6 is 11.6 Å². The second kappa shape index (κ2) is 6.38. The highest BCUT2D eigenvalue weighted by Gasteiger charge is 2.48. The van der Waals surface area contributed by atoms with Crippen LogP contribution in [-0.2, 0) is 10.3 Å². The Morgan fingerprint density at radius 3 is 2.90 bits per heavy atom. The fourth-order valence-electron chi connectivity index (χ4n) is 3.63. The number of aromatic nitrogens is 5. The summed E-state index contributed by atoms with van der Waals surface area (Å²) < 4.78 is 13.8. The summed E-state index contributed by atoms with van der Waals surface area (Å²) in [5.41, 5.74) is 0.555. The molecule has 4 aromatic rings. The van der Waals surface area contributed by atoms with Gasteiger partial charge in [0, 0.05) is 7.11 Å². The summed E-state index contributed by atoms with van der Waals surface area (Å²) >= 11 is 6.46. The van der Waals surface area contributed by atoms with Crippen molar-refractivity contribution < 1.29 is 14.4 Å². The molecular weight excluding hydrogens is 398 g/mol. The van der Waals surface area contributed by atoms with Crippen LogP contribution in [0.3, 0.4) is 0 Å². The largest absolute Gasteiger partial charge is 0.383 e. The van der Waals surface area contributed by atoms with E-state index in [0.29, 0.717) is 35.5 Å². The lowest BCUT2D eigenvalue weighted by molar-refractivity contribution is 0.108. The number of fused-ring (bicyclic) bond motifs is 3. The molecule has 1 atom stereocenters. The van der Waals surface area contributed by atoms with Crippen LogP contribution in [0.25, 0.3) is 28.1 Å². The number of hydrogen-bond acceptors (Lipinski definition) is 7. The normalized spacial score (nSPS) is 16.6. The van der Waals surface area contributed by atoms with Gasteiger partial charge in [0.1, 0.15) is 23.1 Å². The average Bonchev–Trinajstić information content (AvgIpc) is 3.11. The van der Waals surface area contributed by atoms with Crippen LogP contribution in [-0.4, -0.2) is 42.9 Å². The fourth-order valence-corrected chi connectivity index (χ4v) is 3.89. The third-order valence-electron chi connectivity index (χ3n) is 5.26. The molecule has 0 bridgehead atoms. The van der Waals surface area contributed by atoms with Crippen molar-refractivity contribution in [3.05, 3.63) is 45.8 Å². The smallest absolute Gasteiger partial charge is 0.278 e. The lowest BCUT2D eigenvalue weighted by Crippen LogP contribution is -2.28. The molecule has 1 aliphatic carbocycles. The van der Waals surface area contributed by atoms with Gasteiger partial charge in [-0.3, -0.25) is 13.8 Å². The van der Waals surface area contributed by atoms with Crippen LogP contribution in [0.5, 0.6) is 0 Å². The Balaban J connectivity index is 1.82. The van der Waals surface area contributed by atoms with E-state index in [9.17, 15) is 9.90 Å². The molecule has 1 N–H and O–H groups in total. The molecule has 1 saturated carbocycles. The standard InChI is InChI=1S/C19H18ClN5O4/c1-10(8-28-2)25-14-11(20)4-3-5-12(14)24-9-21-13(15(24)17(25)26)16-22-18(29-23-16)19(27)6-7-19/h3-5,9-10,27H,6-8H2,1-2H3. The van der Waals surface area contributed by atoms with Crippen molar-refractivity contribution in [3.63, 3.8) is 0 Å². The number of halogens is 1. The minimum Gasteiger partial charge on any atom is -0.383 e. The van der Waals surface area contributed by atoms with Gasteiger partial charge in [0.05, 0.1) is 28.7 Å². The van der Waals surface area contributed by atoms with E-state index in [4.69, 9.17) is 20.9 Å². The van der Waals surface area contributed by atoms with Gasteiger partial charge >= 0.3 is 0 Å². The van der Waals surface area contributed by atoms with E-state index in [1.54, 1.807) is 22.1 Å². The van der Waals surface area contributed by atoms with E-state index in [1.807, 2.05) is 19.1 Å². The molecule has 10 heteroatoms. The summed E-state index contributed by atoms with van der Waals surface area (Å²) in [6.07, 6.45) is 2.68. The summed E-state index contributed by atoms with van der Waals surface area (Å²) in [7, 11) is 1.58. The highest BCUT2D eigenvalue weighted by molar-refractivity contribution is 6.35. The van der Waals surface area contributed by atoms with Crippen molar-refractivity contribution >= 4 is 28.2 Å². The topological polar surface area (TPSA) is 108 Å². The lowest BCUT2D eigenvalue weighted by Gasteiger charge is -2.19. The SMILES string of the molecule is COCC(C)n1c(=O)c2c(-c3noc(C4(O)CC4)n3)ncn2c2cccc(Cl)c21. The molecule has 1 fully saturated rings. The van der Waals surface area contributed by atoms with Gasteiger partial charge in [-0.25, -0.2) is 4.98 Å². The van der Waals surface area contributed by atoms with Gasteiger partial charge in [-0.1, -0.05) is 22.8 Å². The molecule has 9 nitrogen and oxygen atoms in total. The molecule has 0 amide bonds. The molecule has 0 spiro atoms. The van der Waals surface area contributed by atoms with E-state index < -0.39 is 5.60 Å². The molecule has 29 heavy (non-hydrogen) atoms. The molecule has 3 aromatic heterocycles. The van der Waals surface area contributed by atoms with Crippen molar-refractivity contribution in [2.75, 3.05) is 13.7 Å². The molecule has 1 aliphatic rings. The number of para-hydroxylation sites is 1. The molecule has 0 saturated heterocycles. The first-order valence-corrected chi connectivity index (χ1v) is 9.58. The van der Waals surface area contributed by atoms with Crippen molar-refractivity contribution in [2.45, 2.75) is 31.4 Å². The van der Waals surface area contributed by atoms with E-state index in [0.717, 1.165) is 5.52 Å². The van der Waals surface area contributed by atoms with E-state index >= 15 is 0 Å². The van der Waals surface area contributed by atoms with Gasteiger partial charge in [0.15, 0.2) is 0 Å². The quantitative estimate of drug-likeness (QED) is 0.533. The zero-order valence-electron chi connectivity index (χ0n) is 15.8. The highest BCUT2D eigenvalue weighted by Crippen LogP contribution is 2.44. The first kappa shape index (κ1) is 18.3. The van der Waals surface area contributed by atoms with Gasteiger partial charge in [0.2, 0.25) is 5.82 Å². The van der Waals surface area contributed by atoms with Crippen molar-refractivity contribution in [3.8, 4) is 11.5 Å². The Hall–Kier alpha value is -2.75. The number of benzene rings is 1. The van der Waals surface area contributed by atoms with Crippen LogP contribution in [0.4, 0.5) is 0 Å². The predicted molar refractivity (Wildman–Crippen MR) is 105 cm³/mol. The van der Waals surface area contributed by atoms with Crippen LogP contribution < -0.4 is 5.56 Å². The number of methoxy groups -OCH3 is 1. The lowest BCUT2D eigenvalue weighted by atomic mass is 10.2. The Morgan fingerprint density at radius 1 is 1.38 bits per heavy atom. The zero-order chi connectivity index (χ0) is 20.3. The minimum atomic E-state index is -1.06. The molecule has 1 aromatic carbocycles. The van der Waals surface area contributed by atoms with Gasteiger partial charge < -0.3 is 14.4 Å². The maximum Gasteiger partial charge on any atom is 0.278 e. The third kappa shape index (κ3) is 2.69. The van der Waals surface area contributed by atoms with Crippen LogP contribution in [0.2, 0.25) is 5.02 Å². The van der Waals surface area contributed by atoms with Crippen molar-refractivity contribution in [2.24, 2.45) is 0 Å². The average molecular weight is 416 g/mol. The minimum absolute atomic E-state index is 0.144. The van der Waals surface area contributed by atoms with Crippen LogP contribution in [0.15, 0.2) is 33.8 Å². The highest BCUT2D eigenvalue weighted by atomic mass is 35.5. The first-order valence-electron chi connectivity index (χ1n) is 9.20. The number of rotatable bonds is 5.